The molecule has 13 heavy (non-hydrogen) atoms. The molecule has 1 nitrogen and oxygen atoms in total. The van der Waals surface area contributed by atoms with Gasteiger partial charge in [0.2, 0.25) is 0 Å². The Morgan fingerprint density at radius 3 is 1.77 bits per heavy atom. The van der Waals surface area contributed by atoms with E-state index in [2.05, 4.69) is 38.7 Å². The summed E-state index contributed by atoms with van der Waals surface area (Å²) in [6, 6.07) is 0. The maximum atomic E-state index is 4.71. The summed E-state index contributed by atoms with van der Waals surface area (Å²) in [7, 11) is 0. The van der Waals surface area contributed by atoms with Gasteiger partial charge in [-0.2, -0.15) is 0 Å². The Hall–Kier alpha value is 0.734. The summed E-state index contributed by atoms with van der Waals surface area (Å²) in [5.41, 5.74) is 4.71. The Morgan fingerprint density at radius 2 is 1.54 bits per heavy atom. The van der Waals surface area contributed by atoms with Crippen molar-refractivity contribution < 1.29 is 14.4 Å². The smallest absolute Gasteiger partial charge is 0.128 e. The second-order valence-electron chi connectivity index (χ2n) is 2.52. The van der Waals surface area contributed by atoms with Gasteiger partial charge in [0, 0.05) is 0 Å². The van der Waals surface area contributed by atoms with Gasteiger partial charge in [-0.05, 0) is 0 Å². The van der Waals surface area contributed by atoms with E-state index in [9.17, 15) is 0 Å². The molecule has 0 saturated carbocycles. The zero-order valence-corrected chi connectivity index (χ0v) is 11.2. The quantitative estimate of drug-likeness (QED) is 0.332. The van der Waals surface area contributed by atoms with E-state index in [4.69, 9.17) is 5.73 Å². The number of hydrogen-bond donors (Lipinski definition) is 2. The summed E-state index contributed by atoms with van der Waals surface area (Å²) in [4.78, 5) is 0. The summed E-state index contributed by atoms with van der Waals surface area (Å²) in [6.07, 6.45) is 5.52. The fourth-order valence-electron chi connectivity index (χ4n) is 0.461. The molecule has 0 aliphatic rings. The minimum atomic E-state index is 0.194. The van der Waals surface area contributed by atoms with Crippen molar-refractivity contribution in [3.8, 4) is 0 Å². The predicted octanol–water partition coefficient (Wildman–Crippen LogP) is 3.67. The summed E-state index contributed by atoms with van der Waals surface area (Å²) in [5, 5.41) is 2.78. The van der Waals surface area contributed by atoms with Crippen molar-refractivity contribution in [1.82, 2.24) is 0 Å². The Labute approximate surface area is 99.5 Å². The average Bonchev–Trinajstić information content (AvgIpc) is 2.03. The molecule has 0 aromatic carbocycles. The molecule has 0 aromatic heterocycles. The van der Waals surface area contributed by atoms with E-state index in [0.29, 0.717) is 0 Å². The molecule has 4 heteroatoms. The first-order valence-electron chi connectivity index (χ1n) is 4.58. The molecule has 0 unspecified atom stereocenters. The van der Waals surface area contributed by atoms with Gasteiger partial charge in [-0.3, -0.25) is 0 Å². The van der Waals surface area contributed by atoms with Gasteiger partial charge in [0.15, 0.2) is 0 Å². The molecule has 0 aromatic rings. The molecular formula is C9H21NNiS2. The number of thiol groups is 1. The van der Waals surface area contributed by atoms with Crippen molar-refractivity contribution >= 4 is 29.2 Å². The number of unbranched alkanes of at least 4 members (excludes halogenated alkanes) is 2. The van der Waals surface area contributed by atoms with Gasteiger partial charge in [-0.15, -0.1) is 12.6 Å². The molecule has 0 fully saturated rings. The number of hydrogen-bond acceptors (Lipinski definition) is 1. The van der Waals surface area contributed by atoms with E-state index in [1.165, 1.54) is 36.5 Å². The molecule has 84 valence electrons. The van der Waals surface area contributed by atoms with Gasteiger partial charge in [-0.1, -0.05) is 12.2 Å². The Morgan fingerprint density at radius 1 is 1.23 bits per heavy atom. The van der Waals surface area contributed by atoms with Crippen LogP contribution in [0.25, 0.3) is 0 Å². The van der Waals surface area contributed by atoms with Crippen molar-refractivity contribution in [3.05, 3.63) is 0 Å². The van der Waals surface area contributed by atoms with Gasteiger partial charge >= 0.3 is 64.8 Å². The van der Waals surface area contributed by atoms with Crippen LogP contribution in [0.15, 0.2) is 0 Å². The second kappa shape index (κ2) is 15.2. The SMILES string of the molecule is CCC[CH2][Ni][CH2]CCC.NC(=S)S. The summed E-state index contributed by atoms with van der Waals surface area (Å²) in [6.45, 7) is 4.51. The molecule has 0 radical (unpaired) electrons. The molecule has 0 rings (SSSR count). The third-order valence-corrected chi connectivity index (χ3v) is 2.55. The van der Waals surface area contributed by atoms with E-state index >= 15 is 0 Å². The minimum absolute atomic E-state index is 0.194. The summed E-state index contributed by atoms with van der Waals surface area (Å²) in [5.74, 6) is 0. The summed E-state index contributed by atoms with van der Waals surface area (Å²) < 4.78 is 0.194. The van der Waals surface area contributed by atoms with Gasteiger partial charge in [0.25, 0.3) is 0 Å². The van der Waals surface area contributed by atoms with Crippen LogP contribution in [0.2, 0.25) is 10.8 Å². The van der Waals surface area contributed by atoms with Crippen molar-refractivity contribution in [2.24, 2.45) is 5.73 Å². The van der Waals surface area contributed by atoms with Crippen LogP contribution in [0.4, 0.5) is 0 Å². The molecule has 0 aliphatic heterocycles. The first-order valence-corrected chi connectivity index (χ1v) is 6.83. The Bertz CT molecular complexity index is 99.8. The van der Waals surface area contributed by atoms with Crippen molar-refractivity contribution in [3.63, 3.8) is 0 Å². The maximum Gasteiger partial charge on any atom is 0.128 e. The molecule has 0 spiro atoms. The zero-order valence-electron chi connectivity index (χ0n) is 8.49. The van der Waals surface area contributed by atoms with Gasteiger partial charge < -0.3 is 5.73 Å². The third-order valence-electron chi connectivity index (χ3n) is 1.15. The van der Waals surface area contributed by atoms with Crippen LogP contribution in [0.5, 0.6) is 0 Å². The first kappa shape index (κ1) is 16.2. The summed E-state index contributed by atoms with van der Waals surface area (Å²) >= 11 is 9.60. The van der Waals surface area contributed by atoms with E-state index in [0.717, 1.165) is 0 Å². The van der Waals surface area contributed by atoms with Crippen LogP contribution in [0.1, 0.15) is 39.5 Å². The predicted molar refractivity (Wildman–Crippen MR) is 65.2 cm³/mol. The monoisotopic (exact) mass is 265 g/mol. The van der Waals surface area contributed by atoms with E-state index in [-0.39, 0.29) is 4.32 Å². The van der Waals surface area contributed by atoms with Crippen LogP contribution in [0, 0.1) is 0 Å². The molecule has 0 aliphatic carbocycles. The molecule has 0 atom stereocenters. The standard InChI is InChI=1S/2C4H9.CH3NS2.Ni/c2*1-3-4-2;2-1(3)4;/h2*1,3-4H2,2H3;(H3,2,3,4);. The average molecular weight is 266 g/mol. The van der Waals surface area contributed by atoms with Crippen molar-refractivity contribution in [2.75, 3.05) is 0 Å². The van der Waals surface area contributed by atoms with Gasteiger partial charge in [0.05, 0.1) is 0 Å². The fraction of sp³-hybridized carbons (Fsp3) is 0.889. The van der Waals surface area contributed by atoms with E-state index < -0.39 is 0 Å². The minimum Gasteiger partial charge on any atom is -0.385 e. The number of rotatable bonds is 6. The van der Waals surface area contributed by atoms with Crippen LogP contribution in [0.3, 0.4) is 0 Å². The normalized spacial score (nSPS) is 9.15. The molecule has 0 heterocycles. The van der Waals surface area contributed by atoms with Crippen LogP contribution >= 0.6 is 24.8 Å². The first-order chi connectivity index (χ1) is 6.15. The maximum absolute atomic E-state index is 4.71. The number of thiocarbonyl (C=S) groups is 1. The second-order valence-corrected chi connectivity index (χ2v) is 5.23. The van der Waals surface area contributed by atoms with Crippen LogP contribution < -0.4 is 5.73 Å². The Balaban J connectivity index is 0. The molecule has 2 N–H and O–H groups in total. The molecule has 0 amide bonds. The fourth-order valence-corrected chi connectivity index (χ4v) is 1.90. The Kier molecular flexibility index (Phi) is 18.9. The van der Waals surface area contributed by atoms with E-state index in [1.54, 1.807) is 0 Å². The van der Waals surface area contributed by atoms with Crippen LogP contribution in [-0.4, -0.2) is 4.32 Å². The number of nitrogens with two attached hydrogens (primary N) is 1. The molecule has 0 saturated heterocycles. The van der Waals surface area contributed by atoms with E-state index in [1.807, 2.05) is 14.4 Å². The van der Waals surface area contributed by atoms with Crippen LogP contribution in [-0.2, 0) is 14.4 Å². The third kappa shape index (κ3) is 32.4. The van der Waals surface area contributed by atoms with Crippen molar-refractivity contribution in [1.29, 1.82) is 0 Å². The molecular weight excluding hydrogens is 245 g/mol. The topological polar surface area (TPSA) is 26.0 Å². The van der Waals surface area contributed by atoms with Gasteiger partial charge in [0.1, 0.15) is 4.32 Å². The van der Waals surface area contributed by atoms with Crippen molar-refractivity contribution in [2.45, 2.75) is 50.3 Å². The largest absolute Gasteiger partial charge is 0.385 e. The van der Waals surface area contributed by atoms with Gasteiger partial charge in [-0.25, -0.2) is 0 Å². The molecule has 0 bridgehead atoms. The zero-order chi connectivity index (χ0) is 10.5.